The number of rotatable bonds is 9. The molecule has 0 radical (unpaired) electrons. The largest absolute Gasteiger partial charge is 0.493 e. The van der Waals surface area contributed by atoms with E-state index in [-0.39, 0.29) is 18.0 Å². The highest BCUT2D eigenvalue weighted by Crippen LogP contribution is 2.38. The maximum absolute atomic E-state index is 13.3. The molecule has 1 saturated heterocycles. The summed E-state index contributed by atoms with van der Waals surface area (Å²) in [4.78, 5) is 19.4. The van der Waals surface area contributed by atoms with Crippen molar-refractivity contribution in [2.24, 2.45) is 0 Å². The molecule has 1 aromatic heterocycles. The van der Waals surface area contributed by atoms with Gasteiger partial charge in [0.15, 0.2) is 11.5 Å². The predicted octanol–water partition coefficient (Wildman–Crippen LogP) is 4.46. The molecule has 0 spiro atoms. The molecule has 7 nitrogen and oxygen atoms in total. The molecule has 186 valence electrons. The average molecular weight is 496 g/mol. The van der Waals surface area contributed by atoms with E-state index in [0.717, 1.165) is 26.2 Å². The molecule has 1 aliphatic heterocycles. The fourth-order valence-corrected chi connectivity index (χ4v) is 5.64. The Morgan fingerprint density at radius 1 is 0.914 bits per heavy atom. The summed E-state index contributed by atoms with van der Waals surface area (Å²) >= 11 is 1.73. The molecule has 1 fully saturated rings. The highest BCUT2D eigenvalue weighted by Gasteiger charge is 2.31. The Kier molecular flexibility index (Phi) is 8.15. The SMILES string of the molecule is COc1cc(C(=O)N[C@@H](C)[C@H](c2cccs2)N2CCN(c3ccccc3)CC2)cc(OC)c1OC. The van der Waals surface area contributed by atoms with Gasteiger partial charge in [0, 0.05) is 48.3 Å². The zero-order valence-corrected chi connectivity index (χ0v) is 21.5. The molecule has 0 bridgehead atoms. The fraction of sp³-hybridized carbons (Fsp3) is 0.370. The Morgan fingerprint density at radius 2 is 1.57 bits per heavy atom. The summed E-state index contributed by atoms with van der Waals surface area (Å²) in [5.74, 6) is 1.20. The maximum Gasteiger partial charge on any atom is 0.251 e. The molecule has 1 amide bonds. The minimum atomic E-state index is -0.179. The number of benzene rings is 2. The van der Waals surface area contributed by atoms with E-state index < -0.39 is 0 Å². The fourth-order valence-electron chi connectivity index (χ4n) is 4.68. The molecular weight excluding hydrogens is 462 g/mol. The number of hydrogen-bond donors (Lipinski definition) is 1. The van der Waals surface area contributed by atoms with Gasteiger partial charge in [-0.1, -0.05) is 24.3 Å². The van der Waals surface area contributed by atoms with Crippen LogP contribution in [0.2, 0.25) is 0 Å². The molecule has 1 N–H and O–H groups in total. The minimum absolute atomic E-state index is 0.0823. The Hall–Kier alpha value is -3.23. The maximum atomic E-state index is 13.3. The van der Waals surface area contributed by atoms with Gasteiger partial charge in [0.1, 0.15) is 0 Å². The van der Waals surface area contributed by atoms with Crippen LogP contribution in [0.15, 0.2) is 60.0 Å². The number of nitrogens with zero attached hydrogens (tertiary/aromatic N) is 2. The third-order valence-electron chi connectivity index (χ3n) is 6.42. The van der Waals surface area contributed by atoms with Crippen LogP contribution in [0.4, 0.5) is 5.69 Å². The van der Waals surface area contributed by atoms with Crippen molar-refractivity contribution in [1.82, 2.24) is 10.2 Å². The predicted molar refractivity (Wildman–Crippen MR) is 140 cm³/mol. The molecule has 2 heterocycles. The normalized spacial score (nSPS) is 15.8. The number of nitrogens with one attached hydrogen (secondary N) is 1. The van der Waals surface area contributed by atoms with Crippen LogP contribution in [0.3, 0.4) is 0 Å². The molecule has 4 rings (SSSR count). The second-order valence-corrected chi connectivity index (χ2v) is 9.47. The van der Waals surface area contributed by atoms with E-state index in [0.29, 0.717) is 22.8 Å². The number of piperazine rings is 1. The zero-order valence-electron chi connectivity index (χ0n) is 20.7. The number of para-hydroxylation sites is 1. The highest BCUT2D eigenvalue weighted by molar-refractivity contribution is 7.10. The topological polar surface area (TPSA) is 63.3 Å². The lowest BCUT2D eigenvalue weighted by molar-refractivity contribution is 0.0890. The van der Waals surface area contributed by atoms with Gasteiger partial charge in [0.2, 0.25) is 5.75 Å². The van der Waals surface area contributed by atoms with Gasteiger partial charge >= 0.3 is 0 Å². The number of thiophene rings is 1. The molecule has 0 saturated carbocycles. The van der Waals surface area contributed by atoms with E-state index in [1.165, 1.54) is 10.6 Å². The second kappa shape index (κ2) is 11.5. The number of anilines is 1. The third-order valence-corrected chi connectivity index (χ3v) is 7.37. The summed E-state index contributed by atoms with van der Waals surface area (Å²) in [6.45, 7) is 5.80. The Morgan fingerprint density at radius 3 is 2.11 bits per heavy atom. The van der Waals surface area contributed by atoms with Crippen molar-refractivity contribution in [1.29, 1.82) is 0 Å². The summed E-state index contributed by atoms with van der Waals surface area (Å²) in [5, 5.41) is 5.32. The molecular formula is C27H33N3O4S. The first-order valence-corrected chi connectivity index (χ1v) is 12.6. The third kappa shape index (κ3) is 5.55. The van der Waals surface area contributed by atoms with Crippen molar-refractivity contribution in [3.63, 3.8) is 0 Å². The molecule has 1 aliphatic rings. The van der Waals surface area contributed by atoms with E-state index in [4.69, 9.17) is 14.2 Å². The van der Waals surface area contributed by atoms with Crippen LogP contribution >= 0.6 is 11.3 Å². The molecule has 2 atom stereocenters. The van der Waals surface area contributed by atoms with Crippen LogP contribution < -0.4 is 24.4 Å². The number of methoxy groups -OCH3 is 3. The van der Waals surface area contributed by atoms with Crippen LogP contribution in [-0.2, 0) is 0 Å². The lowest BCUT2D eigenvalue weighted by Crippen LogP contribution is -2.52. The van der Waals surface area contributed by atoms with Gasteiger partial charge in [-0.15, -0.1) is 11.3 Å². The van der Waals surface area contributed by atoms with Gasteiger partial charge in [-0.3, -0.25) is 9.69 Å². The van der Waals surface area contributed by atoms with E-state index in [1.54, 1.807) is 44.8 Å². The number of amides is 1. The van der Waals surface area contributed by atoms with Gasteiger partial charge in [0.25, 0.3) is 5.91 Å². The number of carbonyl (C=O) groups excluding carboxylic acids is 1. The van der Waals surface area contributed by atoms with Crippen molar-refractivity contribution >= 4 is 22.9 Å². The number of hydrogen-bond acceptors (Lipinski definition) is 7. The first kappa shape index (κ1) is 24.9. The Bertz CT molecular complexity index is 1070. The van der Waals surface area contributed by atoms with Crippen LogP contribution in [0.5, 0.6) is 17.2 Å². The van der Waals surface area contributed by atoms with E-state index in [9.17, 15) is 4.79 Å². The minimum Gasteiger partial charge on any atom is -0.493 e. The summed E-state index contributed by atoms with van der Waals surface area (Å²) in [5.41, 5.74) is 1.72. The standard InChI is InChI=1S/C27H33N3O4S/c1-19(28-27(31)20-17-22(32-2)26(34-4)23(18-20)33-3)25(24-11-8-16-35-24)30-14-12-29(13-15-30)21-9-6-5-7-10-21/h5-11,16-19,25H,12-15H2,1-4H3,(H,28,31)/t19-,25+/m0/s1. The van der Waals surface area contributed by atoms with E-state index in [2.05, 4.69) is 63.8 Å². The van der Waals surface area contributed by atoms with Crippen molar-refractivity contribution in [3.8, 4) is 17.2 Å². The van der Waals surface area contributed by atoms with Crippen LogP contribution in [-0.4, -0.2) is 64.4 Å². The van der Waals surface area contributed by atoms with Gasteiger partial charge < -0.3 is 24.4 Å². The Balaban J connectivity index is 1.50. The molecule has 0 aliphatic carbocycles. The lowest BCUT2D eigenvalue weighted by Gasteiger charge is -2.42. The Labute approximate surface area is 211 Å². The lowest BCUT2D eigenvalue weighted by atomic mass is 10.0. The molecule has 8 heteroatoms. The summed E-state index contributed by atoms with van der Waals surface area (Å²) in [6.07, 6.45) is 0. The van der Waals surface area contributed by atoms with Crippen molar-refractivity contribution in [3.05, 3.63) is 70.4 Å². The quantitative estimate of drug-likeness (QED) is 0.473. The average Bonchev–Trinajstić information content (AvgIpc) is 3.43. The van der Waals surface area contributed by atoms with Crippen LogP contribution in [0, 0.1) is 0 Å². The molecule has 3 aromatic rings. The summed E-state index contributed by atoms with van der Waals surface area (Å²) in [6, 6.07) is 18.1. The van der Waals surface area contributed by atoms with Gasteiger partial charge in [-0.2, -0.15) is 0 Å². The number of ether oxygens (including phenoxy) is 3. The van der Waals surface area contributed by atoms with Crippen molar-refractivity contribution < 1.29 is 19.0 Å². The molecule has 35 heavy (non-hydrogen) atoms. The first-order valence-electron chi connectivity index (χ1n) is 11.7. The van der Waals surface area contributed by atoms with Gasteiger partial charge in [-0.05, 0) is 42.6 Å². The monoisotopic (exact) mass is 495 g/mol. The van der Waals surface area contributed by atoms with Gasteiger partial charge in [-0.25, -0.2) is 0 Å². The van der Waals surface area contributed by atoms with E-state index >= 15 is 0 Å². The second-order valence-electron chi connectivity index (χ2n) is 8.49. The zero-order chi connectivity index (χ0) is 24.8. The molecule has 0 unspecified atom stereocenters. The van der Waals surface area contributed by atoms with E-state index in [1.807, 2.05) is 6.07 Å². The molecule has 2 aromatic carbocycles. The van der Waals surface area contributed by atoms with Crippen molar-refractivity contribution in [2.45, 2.75) is 19.0 Å². The highest BCUT2D eigenvalue weighted by atomic mass is 32.1. The van der Waals surface area contributed by atoms with Gasteiger partial charge in [0.05, 0.1) is 27.4 Å². The summed E-state index contributed by atoms with van der Waals surface area (Å²) < 4.78 is 16.2. The smallest absolute Gasteiger partial charge is 0.251 e. The van der Waals surface area contributed by atoms with Crippen LogP contribution in [0.1, 0.15) is 28.2 Å². The summed E-state index contributed by atoms with van der Waals surface area (Å²) in [7, 11) is 4.64. The first-order chi connectivity index (χ1) is 17.0. The van der Waals surface area contributed by atoms with Crippen LogP contribution in [0.25, 0.3) is 0 Å². The van der Waals surface area contributed by atoms with Crippen molar-refractivity contribution in [2.75, 3.05) is 52.4 Å². The number of carbonyl (C=O) groups is 1.